The number of hydrogen-bond donors (Lipinski definition) is 0. The molecule has 3 heteroatoms. The zero-order chi connectivity index (χ0) is 20.3. The Bertz CT molecular complexity index is 877. The summed E-state index contributed by atoms with van der Waals surface area (Å²) in [5.41, 5.74) is 2.59. The number of Topliss-reactive ketones (excluding diaryl/α,β-unsaturated/α-hetero) is 1. The van der Waals surface area contributed by atoms with E-state index in [9.17, 15) is 9.59 Å². The molecular formula is C25H29NO2. The molecule has 1 aliphatic rings. The fourth-order valence-corrected chi connectivity index (χ4v) is 3.64. The van der Waals surface area contributed by atoms with Crippen LogP contribution in [0.25, 0.3) is 0 Å². The minimum absolute atomic E-state index is 0.0279. The SMILES string of the molecule is CC(C)CN1C=C(C(=O)c2ccc(C(=O)c3ccccc3)cc2)C(C)(C)CC1. The summed E-state index contributed by atoms with van der Waals surface area (Å²) < 4.78 is 0. The summed E-state index contributed by atoms with van der Waals surface area (Å²) in [5, 5.41) is 0. The van der Waals surface area contributed by atoms with Gasteiger partial charge in [0, 0.05) is 41.6 Å². The van der Waals surface area contributed by atoms with E-state index in [2.05, 4.69) is 38.8 Å². The minimum atomic E-state index is -0.150. The molecule has 0 fully saturated rings. The van der Waals surface area contributed by atoms with Crippen LogP contribution in [0.5, 0.6) is 0 Å². The molecule has 0 spiro atoms. The summed E-state index contributed by atoms with van der Waals surface area (Å²) >= 11 is 0. The zero-order valence-corrected chi connectivity index (χ0v) is 17.2. The van der Waals surface area contributed by atoms with Gasteiger partial charge in [0.15, 0.2) is 11.6 Å². The van der Waals surface area contributed by atoms with Crippen LogP contribution in [-0.4, -0.2) is 29.6 Å². The third-order valence-corrected chi connectivity index (χ3v) is 5.35. The fourth-order valence-electron chi connectivity index (χ4n) is 3.64. The first-order valence-electron chi connectivity index (χ1n) is 9.99. The van der Waals surface area contributed by atoms with E-state index in [-0.39, 0.29) is 17.0 Å². The van der Waals surface area contributed by atoms with Crippen LogP contribution in [0.4, 0.5) is 0 Å². The Morgan fingerprint density at radius 1 is 0.893 bits per heavy atom. The largest absolute Gasteiger partial charge is 0.377 e. The number of nitrogens with zero attached hydrogens (tertiary/aromatic N) is 1. The first-order valence-corrected chi connectivity index (χ1v) is 9.99. The highest BCUT2D eigenvalue weighted by Gasteiger charge is 2.33. The van der Waals surface area contributed by atoms with Crippen LogP contribution in [0.1, 0.15) is 60.4 Å². The molecule has 0 amide bonds. The lowest BCUT2D eigenvalue weighted by molar-refractivity contribution is 0.0983. The van der Waals surface area contributed by atoms with Crippen molar-refractivity contribution in [3.05, 3.63) is 83.1 Å². The molecule has 0 aliphatic carbocycles. The average molecular weight is 376 g/mol. The molecule has 0 saturated heterocycles. The third-order valence-electron chi connectivity index (χ3n) is 5.35. The Kier molecular flexibility index (Phi) is 5.83. The summed E-state index contributed by atoms with van der Waals surface area (Å²) in [6.45, 7) is 10.6. The first-order chi connectivity index (χ1) is 13.3. The van der Waals surface area contributed by atoms with E-state index in [1.54, 1.807) is 36.4 Å². The lowest BCUT2D eigenvalue weighted by atomic mass is 9.76. The van der Waals surface area contributed by atoms with Crippen molar-refractivity contribution < 1.29 is 9.59 Å². The molecule has 3 rings (SSSR count). The van der Waals surface area contributed by atoms with Crippen LogP contribution < -0.4 is 0 Å². The molecule has 0 N–H and O–H groups in total. The van der Waals surface area contributed by atoms with Crippen LogP contribution >= 0.6 is 0 Å². The molecule has 1 aliphatic heterocycles. The summed E-state index contributed by atoms with van der Waals surface area (Å²) in [6, 6.07) is 16.3. The van der Waals surface area contributed by atoms with Crippen LogP contribution in [0, 0.1) is 11.3 Å². The lowest BCUT2D eigenvalue weighted by Gasteiger charge is -2.37. The number of carbonyl (C=O) groups excluding carboxylic acids is 2. The number of allylic oxidation sites excluding steroid dienone is 1. The van der Waals surface area contributed by atoms with Crippen LogP contribution in [0.15, 0.2) is 66.4 Å². The summed E-state index contributed by atoms with van der Waals surface area (Å²) in [7, 11) is 0. The minimum Gasteiger partial charge on any atom is -0.377 e. The second-order valence-corrected chi connectivity index (χ2v) is 8.67. The van der Waals surface area contributed by atoms with Gasteiger partial charge in [-0.2, -0.15) is 0 Å². The van der Waals surface area contributed by atoms with Crippen molar-refractivity contribution in [1.82, 2.24) is 4.90 Å². The highest BCUT2D eigenvalue weighted by Crippen LogP contribution is 2.36. The number of rotatable bonds is 6. The summed E-state index contributed by atoms with van der Waals surface area (Å²) in [6.07, 6.45) is 3.01. The second kappa shape index (κ2) is 8.14. The van der Waals surface area contributed by atoms with Crippen LogP contribution in [0.3, 0.4) is 0 Å². The van der Waals surface area contributed by atoms with Gasteiger partial charge in [-0.1, -0.05) is 82.3 Å². The van der Waals surface area contributed by atoms with E-state index in [1.807, 2.05) is 18.2 Å². The van der Waals surface area contributed by atoms with E-state index >= 15 is 0 Å². The summed E-state index contributed by atoms with van der Waals surface area (Å²) in [5.74, 6) is 0.578. The highest BCUT2D eigenvalue weighted by atomic mass is 16.1. The fraction of sp³-hybridized carbons (Fsp3) is 0.360. The Hall–Kier alpha value is -2.68. The Balaban J connectivity index is 1.83. The zero-order valence-electron chi connectivity index (χ0n) is 17.2. The molecule has 28 heavy (non-hydrogen) atoms. The van der Waals surface area contributed by atoms with Gasteiger partial charge in [0.2, 0.25) is 0 Å². The molecule has 0 bridgehead atoms. The van der Waals surface area contributed by atoms with E-state index in [1.165, 1.54) is 0 Å². The van der Waals surface area contributed by atoms with Crippen molar-refractivity contribution in [2.75, 3.05) is 13.1 Å². The highest BCUT2D eigenvalue weighted by molar-refractivity contribution is 6.12. The predicted octanol–water partition coefficient (Wildman–Crippen LogP) is 5.37. The first kappa shape index (κ1) is 20.1. The quantitative estimate of drug-likeness (QED) is 0.637. The van der Waals surface area contributed by atoms with Gasteiger partial charge in [-0.05, 0) is 17.8 Å². The van der Waals surface area contributed by atoms with Crippen molar-refractivity contribution in [2.24, 2.45) is 11.3 Å². The van der Waals surface area contributed by atoms with Gasteiger partial charge in [-0.15, -0.1) is 0 Å². The van der Waals surface area contributed by atoms with Gasteiger partial charge in [0.25, 0.3) is 0 Å². The average Bonchev–Trinajstić information content (AvgIpc) is 2.69. The molecule has 1 heterocycles. The Morgan fingerprint density at radius 2 is 1.43 bits per heavy atom. The van der Waals surface area contributed by atoms with Crippen LogP contribution in [0.2, 0.25) is 0 Å². The molecule has 146 valence electrons. The number of carbonyl (C=O) groups is 2. The van der Waals surface area contributed by atoms with E-state index in [0.717, 1.165) is 25.1 Å². The molecule has 2 aromatic rings. The number of ketones is 2. The van der Waals surface area contributed by atoms with Crippen molar-refractivity contribution in [1.29, 1.82) is 0 Å². The molecule has 0 atom stereocenters. The molecule has 0 saturated carbocycles. The van der Waals surface area contributed by atoms with E-state index in [4.69, 9.17) is 0 Å². The lowest BCUT2D eigenvalue weighted by Crippen LogP contribution is -2.36. The van der Waals surface area contributed by atoms with Crippen molar-refractivity contribution in [2.45, 2.75) is 34.1 Å². The van der Waals surface area contributed by atoms with Gasteiger partial charge in [-0.25, -0.2) is 0 Å². The van der Waals surface area contributed by atoms with Gasteiger partial charge in [-0.3, -0.25) is 9.59 Å². The van der Waals surface area contributed by atoms with Gasteiger partial charge in [0.05, 0.1) is 0 Å². The van der Waals surface area contributed by atoms with Crippen molar-refractivity contribution >= 4 is 11.6 Å². The molecule has 0 radical (unpaired) electrons. The van der Waals surface area contributed by atoms with E-state index in [0.29, 0.717) is 22.6 Å². The predicted molar refractivity (Wildman–Crippen MR) is 114 cm³/mol. The second-order valence-electron chi connectivity index (χ2n) is 8.67. The number of hydrogen-bond acceptors (Lipinski definition) is 3. The topological polar surface area (TPSA) is 37.4 Å². The van der Waals surface area contributed by atoms with Crippen LogP contribution in [-0.2, 0) is 0 Å². The van der Waals surface area contributed by atoms with Gasteiger partial charge >= 0.3 is 0 Å². The maximum absolute atomic E-state index is 13.2. The molecular weight excluding hydrogens is 346 g/mol. The standard InChI is InChI=1S/C25H29NO2/c1-18(2)16-26-15-14-25(3,4)22(17-26)24(28)21-12-10-20(11-13-21)23(27)19-8-6-5-7-9-19/h5-13,17-18H,14-16H2,1-4H3. The van der Waals surface area contributed by atoms with E-state index < -0.39 is 0 Å². The maximum atomic E-state index is 13.2. The Morgan fingerprint density at radius 3 is 2.00 bits per heavy atom. The molecule has 0 aromatic heterocycles. The van der Waals surface area contributed by atoms with Crippen molar-refractivity contribution in [3.8, 4) is 0 Å². The number of benzene rings is 2. The Labute approximate surface area is 168 Å². The van der Waals surface area contributed by atoms with Gasteiger partial charge < -0.3 is 4.90 Å². The normalized spacial score (nSPS) is 16.0. The third kappa shape index (κ3) is 4.41. The summed E-state index contributed by atoms with van der Waals surface area (Å²) in [4.78, 5) is 28.1. The van der Waals surface area contributed by atoms with Gasteiger partial charge in [0.1, 0.15) is 0 Å². The molecule has 3 nitrogen and oxygen atoms in total. The molecule has 2 aromatic carbocycles. The van der Waals surface area contributed by atoms with Crippen molar-refractivity contribution in [3.63, 3.8) is 0 Å². The molecule has 0 unspecified atom stereocenters. The maximum Gasteiger partial charge on any atom is 0.193 e. The monoisotopic (exact) mass is 375 g/mol. The smallest absolute Gasteiger partial charge is 0.193 e.